The van der Waals surface area contributed by atoms with Crippen molar-refractivity contribution in [2.24, 2.45) is 0 Å². The van der Waals surface area contributed by atoms with Gasteiger partial charge >= 0.3 is 0 Å². The van der Waals surface area contributed by atoms with E-state index in [1.165, 1.54) is 12.1 Å². The van der Waals surface area contributed by atoms with Gasteiger partial charge in [-0.25, -0.2) is 17.5 Å². The molecule has 0 aliphatic heterocycles. The number of amides is 2. The van der Waals surface area contributed by atoms with E-state index in [2.05, 4.69) is 10.0 Å². The van der Waals surface area contributed by atoms with E-state index >= 15 is 0 Å². The maximum atomic E-state index is 13.6. The van der Waals surface area contributed by atoms with Crippen molar-refractivity contribution in [2.75, 3.05) is 6.54 Å². The Labute approximate surface area is 229 Å². The molecule has 0 aromatic heterocycles. The van der Waals surface area contributed by atoms with Crippen LogP contribution >= 0.6 is 0 Å². The number of rotatable bonds is 13. The monoisotopic (exact) mass is 551 g/mol. The number of aryl methyl sites for hydroxylation is 1. The SMILES string of the molecule is CCNC(=O)[C@H](Cc1ccccc1)N(Cc1ccc(F)cc1)C(=O)CCc1ccc(S(=O)(=O)NC2CC2)cc1. The van der Waals surface area contributed by atoms with Crippen LogP contribution in [-0.4, -0.2) is 43.8 Å². The van der Waals surface area contributed by atoms with Gasteiger partial charge in [-0.15, -0.1) is 0 Å². The first-order chi connectivity index (χ1) is 18.7. The van der Waals surface area contributed by atoms with E-state index in [0.29, 0.717) is 24.9 Å². The van der Waals surface area contributed by atoms with Crippen molar-refractivity contribution in [3.8, 4) is 0 Å². The number of hydrogen-bond donors (Lipinski definition) is 2. The fourth-order valence-electron chi connectivity index (χ4n) is 4.35. The van der Waals surface area contributed by atoms with Crippen LogP contribution in [0.1, 0.15) is 42.9 Å². The number of nitrogens with one attached hydrogen (secondary N) is 2. The zero-order valence-corrected chi connectivity index (χ0v) is 22.8. The average Bonchev–Trinajstić information content (AvgIpc) is 3.74. The molecule has 0 heterocycles. The maximum Gasteiger partial charge on any atom is 0.243 e. The third kappa shape index (κ3) is 8.21. The van der Waals surface area contributed by atoms with Crippen molar-refractivity contribution >= 4 is 21.8 Å². The van der Waals surface area contributed by atoms with Crippen LogP contribution in [0.5, 0.6) is 0 Å². The molecule has 2 amide bonds. The first kappa shape index (κ1) is 28.4. The summed E-state index contributed by atoms with van der Waals surface area (Å²) in [6, 6.07) is 21.2. The number of carbonyl (C=O) groups excluding carboxylic acids is 2. The molecular weight excluding hydrogens is 517 g/mol. The van der Waals surface area contributed by atoms with Crippen LogP contribution < -0.4 is 10.0 Å². The van der Waals surface area contributed by atoms with Gasteiger partial charge in [-0.05, 0) is 67.1 Å². The predicted octanol–water partition coefficient (Wildman–Crippen LogP) is 3.98. The van der Waals surface area contributed by atoms with Crippen LogP contribution in [0.4, 0.5) is 4.39 Å². The minimum atomic E-state index is -3.55. The summed E-state index contributed by atoms with van der Waals surface area (Å²) in [7, 11) is -3.55. The lowest BCUT2D eigenvalue weighted by Gasteiger charge is -2.31. The van der Waals surface area contributed by atoms with Gasteiger partial charge < -0.3 is 10.2 Å². The summed E-state index contributed by atoms with van der Waals surface area (Å²) in [5.74, 6) is -0.855. The molecule has 0 radical (unpaired) electrons. The van der Waals surface area contributed by atoms with Gasteiger partial charge in [-0.3, -0.25) is 9.59 Å². The molecule has 39 heavy (non-hydrogen) atoms. The fraction of sp³-hybridized carbons (Fsp3) is 0.333. The number of carbonyl (C=O) groups is 2. The maximum absolute atomic E-state index is 13.6. The highest BCUT2D eigenvalue weighted by atomic mass is 32.2. The molecule has 2 N–H and O–H groups in total. The first-order valence-corrected chi connectivity index (χ1v) is 14.7. The number of hydrogen-bond acceptors (Lipinski definition) is 4. The topological polar surface area (TPSA) is 95.6 Å². The van der Waals surface area contributed by atoms with Gasteiger partial charge in [-0.2, -0.15) is 0 Å². The third-order valence-corrected chi connectivity index (χ3v) is 8.19. The van der Waals surface area contributed by atoms with E-state index in [0.717, 1.165) is 24.0 Å². The minimum Gasteiger partial charge on any atom is -0.355 e. The van der Waals surface area contributed by atoms with Crippen molar-refractivity contribution in [3.05, 3.63) is 101 Å². The summed E-state index contributed by atoms with van der Waals surface area (Å²) in [6.07, 6.45) is 2.55. The molecular formula is C30H34FN3O4S. The summed E-state index contributed by atoms with van der Waals surface area (Å²) in [5.41, 5.74) is 2.44. The van der Waals surface area contributed by atoms with Gasteiger partial charge in [-0.1, -0.05) is 54.6 Å². The molecule has 0 saturated heterocycles. The number of nitrogens with zero attached hydrogens (tertiary/aromatic N) is 1. The second-order valence-electron chi connectivity index (χ2n) is 9.79. The normalized spacial score (nSPS) is 14.0. The number of sulfonamides is 1. The molecule has 3 aromatic rings. The average molecular weight is 552 g/mol. The number of likely N-dealkylation sites (N-methyl/N-ethyl adjacent to an activating group) is 1. The standard InChI is InChI=1S/C30H34FN3O4S/c1-2-32-30(36)28(20-23-6-4-3-5-7-23)34(21-24-8-13-25(31)14-9-24)29(35)19-12-22-10-17-27(18-11-22)39(37,38)33-26-15-16-26/h3-11,13-14,17-18,26,28,33H,2,12,15-16,19-21H2,1H3,(H,32,36)/t28-/m0/s1. The van der Waals surface area contributed by atoms with Gasteiger partial charge in [0.1, 0.15) is 11.9 Å². The summed E-state index contributed by atoms with van der Waals surface area (Å²) >= 11 is 0. The van der Waals surface area contributed by atoms with E-state index in [-0.39, 0.29) is 41.5 Å². The highest BCUT2D eigenvalue weighted by Gasteiger charge is 2.30. The van der Waals surface area contributed by atoms with Crippen molar-refractivity contribution in [1.29, 1.82) is 0 Å². The second kappa shape index (κ2) is 13.0. The van der Waals surface area contributed by atoms with Crippen LogP contribution in [0, 0.1) is 5.82 Å². The van der Waals surface area contributed by atoms with Crippen LogP contribution in [0.15, 0.2) is 83.8 Å². The van der Waals surface area contributed by atoms with E-state index in [1.807, 2.05) is 37.3 Å². The quantitative estimate of drug-likeness (QED) is 0.336. The first-order valence-electron chi connectivity index (χ1n) is 13.2. The molecule has 7 nitrogen and oxygen atoms in total. The molecule has 1 aliphatic rings. The zero-order valence-electron chi connectivity index (χ0n) is 22.0. The largest absolute Gasteiger partial charge is 0.355 e. The predicted molar refractivity (Wildman–Crippen MR) is 148 cm³/mol. The van der Waals surface area contributed by atoms with Crippen LogP contribution in [0.2, 0.25) is 0 Å². The Kier molecular flexibility index (Phi) is 9.48. The summed E-state index contributed by atoms with van der Waals surface area (Å²) in [6.45, 7) is 2.40. The number of benzene rings is 3. The smallest absolute Gasteiger partial charge is 0.243 e. The molecule has 0 spiro atoms. The summed E-state index contributed by atoms with van der Waals surface area (Å²) in [5, 5.41) is 2.85. The Morgan fingerprint density at radius 3 is 2.18 bits per heavy atom. The number of halogens is 1. The third-order valence-electron chi connectivity index (χ3n) is 6.65. The lowest BCUT2D eigenvalue weighted by atomic mass is 10.0. The summed E-state index contributed by atoms with van der Waals surface area (Å²) < 4.78 is 41.1. The Hall–Kier alpha value is -3.56. The summed E-state index contributed by atoms with van der Waals surface area (Å²) in [4.78, 5) is 28.6. The fourth-order valence-corrected chi connectivity index (χ4v) is 5.66. The molecule has 1 atom stereocenters. The van der Waals surface area contributed by atoms with E-state index in [1.54, 1.807) is 41.3 Å². The van der Waals surface area contributed by atoms with Gasteiger partial charge in [0.2, 0.25) is 21.8 Å². The Morgan fingerprint density at radius 1 is 0.923 bits per heavy atom. The zero-order chi connectivity index (χ0) is 27.8. The van der Waals surface area contributed by atoms with Gasteiger partial charge in [0.25, 0.3) is 0 Å². The Morgan fingerprint density at radius 2 is 1.56 bits per heavy atom. The van der Waals surface area contributed by atoms with Crippen LogP contribution in [0.25, 0.3) is 0 Å². The molecule has 3 aromatic carbocycles. The lowest BCUT2D eigenvalue weighted by molar-refractivity contribution is -0.141. The second-order valence-corrected chi connectivity index (χ2v) is 11.5. The Balaban J connectivity index is 1.52. The molecule has 4 rings (SSSR count). The Bertz CT molecular complexity index is 1360. The molecule has 1 aliphatic carbocycles. The van der Waals surface area contributed by atoms with Gasteiger partial charge in [0, 0.05) is 32.0 Å². The highest BCUT2D eigenvalue weighted by Crippen LogP contribution is 2.23. The van der Waals surface area contributed by atoms with E-state index in [4.69, 9.17) is 0 Å². The lowest BCUT2D eigenvalue weighted by Crippen LogP contribution is -2.50. The molecule has 0 unspecified atom stereocenters. The van der Waals surface area contributed by atoms with E-state index in [9.17, 15) is 22.4 Å². The molecule has 1 fully saturated rings. The van der Waals surface area contributed by atoms with Crippen molar-refractivity contribution in [3.63, 3.8) is 0 Å². The highest BCUT2D eigenvalue weighted by molar-refractivity contribution is 7.89. The molecule has 0 bridgehead atoms. The van der Waals surface area contributed by atoms with Crippen LogP contribution in [-0.2, 0) is 39.0 Å². The van der Waals surface area contributed by atoms with Gasteiger partial charge in [0.15, 0.2) is 0 Å². The van der Waals surface area contributed by atoms with Crippen LogP contribution in [0.3, 0.4) is 0 Å². The van der Waals surface area contributed by atoms with Gasteiger partial charge in [0.05, 0.1) is 4.90 Å². The van der Waals surface area contributed by atoms with Crippen molar-refractivity contribution < 1.29 is 22.4 Å². The van der Waals surface area contributed by atoms with Crippen molar-refractivity contribution in [1.82, 2.24) is 14.9 Å². The molecule has 206 valence electrons. The molecule has 1 saturated carbocycles. The minimum absolute atomic E-state index is 0.0214. The van der Waals surface area contributed by atoms with Crippen molar-refractivity contribution in [2.45, 2.75) is 62.6 Å². The molecule has 9 heteroatoms. The van der Waals surface area contributed by atoms with E-state index < -0.39 is 16.1 Å².